The van der Waals surface area contributed by atoms with Crippen molar-refractivity contribution in [1.82, 2.24) is 10.2 Å². The smallest absolute Gasteiger partial charge is 0.437 e. The van der Waals surface area contributed by atoms with Crippen LogP contribution >= 0.6 is 0 Å². The highest BCUT2D eigenvalue weighted by molar-refractivity contribution is 5.98. The van der Waals surface area contributed by atoms with E-state index < -0.39 is 23.4 Å². The van der Waals surface area contributed by atoms with Crippen molar-refractivity contribution in [3.05, 3.63) is 0 Å². The van der Waals surface area contributed by atoms with E-state index in [2.05, 4.69) is 16.2 Å². The number of hydrogen-bond acceptors (Lipinski definition) is 4. The first-order valence-corrected chi connectivity index (χ1v) is 6.80. The Morgan fingerprint density at radius 2 is 1.64 bits per heavy atom. The third-order valence-electron chi connectivity index (χ3n) is 1.89. The van der Waals surface area contributed by atoms with E-state index in [1.807, 2.05) is 0 Å². The zero-order valence-corrected chi connectivity index (χ0v) is 14.3. The fourth-order valence-corrected chi connectivity index (χ4v) is 1.19. The maximum Gasteiger partial charge on any atom is 0.437 e. The van der Waals surface area contributed by atoms with Crippen molar-refractivity contribution in [2.75, 3.05) is 13.6 Å². The number of nitrogens with one attached hydrogen (secondary N) is 1. The molecule has 22 heavy (non-hydrogen) atoms. The van der Waals surface area contributed by atoms with Crippen LogP contribution in [0.3, 0.4) is 0 Å². The highest BCUT2D eigenvalue weighted by Gasteiger charge is 2.21. The molecule has 0 saturated carbocycles. The van der Waals surface area contributed by atoms with Gasteiger partial charge in [0.25, 0.3) is 0 Å². The summed E-state index contributed by atoms with van der Waals surface area (Å²) in [5.74, 6) is 2.35. The molecule has 0 aromatic heterocycles. The zero-order valence-electron chi connectivity index (χ0n) is 14.3. The number of carbonyl (C=O) groups is 2. The molecule has 1 N–H and O–H groups in total. The van der Waals surface area contributed by atoms with Gasteiger partial charge in [0, 0.05) is 7.05 Å². The lowest BCUT2D eigenvalue weighted by molar-refractivity contribution is 0.0556. The fraction of sp³-hybridized carbons (Fsp3) is 0.667. The maximum absolute atomic E-state index is 11.8. The standard InChI is InChI=1S/C15H25N3O4/c1-9-10-18(8)11(16-12(19)21-14(2,3)4)17-13(20)22-15(5,6)7/h1H,10H2,2-8H3,(H,16,17,19,20). The quantitative estimate of drug-likeness (QED) is 0.457. The highest BCUT2D eigenvalue weighted by Crippen LogP contribution is 2.09. The van der Waals surface area contributed by atoms with E-state index in [1.54, 1.807) is 48.6 Å². The Balaban J connectivity index is 5.10. The van der Waals surface area contributed by atoms with E-state index in [1.165, 1.54) is 4.90 Å². The summed E-state index contributed by atoms with van der Waals surface area (Å²) >= 11 is 0. The van der Waals surface area contributed by atoms with Gasteiger partial charge in [-0.25, -0.2) is 9.59 Å². The average molecular weight is 311 g/mol. The second-order valence-corrected chi connectivity index (χ2v) is 6.60. The van der Waals surface area contributed by atoms with Crippen LogP contribution in [0.4, 0.5) is 9.59 Å². The molecule has 0 rings (SSSR count). The number of carbonyl (C=O) groups excluding carboxylic acids is 2. The van der Waals surface area contributed by atoms with Crippen molar-refractivity contribution < 1.29 is 19.1 Å². The van der Waals surface area contributed by atoms with E-state index in [4.69, 9.17) is 15.9 Å². The SMILES string of the molecule is C#CCN(C)/C(=N/C(=O)OC(C)(C)C)NC(=O)OC(C)(C)C. The van der Waals surface area contributed by atoms with Crippen LogP contribution in [0.15, 0.2) is 4.99 Å². The number of nitrogens with zero attached hydrogens (tertiary/aromatic N) is 2. The van der Waals surface area contributed by atoms with Gasteiger partial charge in [-0.1, -0.05) is 5.92 Å². The van der Waals surface area contributed by atoms with Crippen molar-refractivity contribution in [1.29, 1.82) is 0 Å². The molecule has 0 bridgehead atoms. The molecule has 0 aromatic carbocycles. The number of terminal acetylenes is 1. The molecule has 0 atom stereocenters. The maximum atomic E-state index is 11.8. The number of alkyl carbamates (subject to hydrolysis) is 1. The Labute approximate surface area is 132 Å². The molecule has 2 amide bonds. The Kier molecular flexibility index (Phi) is 6.91. The Hall–Kier alpha value is -2.23. The summed E-state index contributed by atoms with van der Waals surface area (Å²) in [6.07, 6.45) is 3.66. The van der Waals surface area contributed by atoms with E-state index in [-0.39, 0.29) is 12.5 Å². The van der Waals surface area contributed by atoms with Crippen LogP contribution in [0.5, 0.6) is 0 Å². The summed E-state index contributed by atoms with van der Waals surface area (Å²) in [4.78, 5) is 28.7. The van der Waals surface area contributed by atoms with Crippen LogP contribution in [-0.4, -0.2) is 47.8 Å². The topological polar surface area (TPSA) is 80.2 Å². The summed E-state index contributed by atoms with van der Waals surface area (Å²) in [5.41, 5.74) is -1.37. The molecule has 7 nitrogen and oxygen atoms in total. The van der Waals surface area contributed by atoms with E-state index >= 15 is 0 Å². The van der Waals surface area contributed by atoms with Gasteiger partial charge in [-0.3, -0.25) is 5.32 Å². The molecular formula is C15H25N3O4. The number of rotatable bonds is 1. The van der Waals surface area contributed by atoms with Gasteiger partial charge in [0.1, 0.15) is 11.2 Å². The van der Waals surface area contributed by atoms with Gasteiger partial charge in [0.15, 0.2) is 0 Å². The molecule has 0 aliphatic carbocycles. The Bertz CT molecular complexity index is 478. The number of ether oxygens (including phenoxy) is 2. The van der Waals surface area contributed by atoms with Crippen molar-refractivity contribution in [2.24, 2.45) is 4.99 Å². The van der Waals surface area contributed by atoms with E-state index in [0.29, 0.717) is 0 Å². The molecule has 0 aliphatic rings. The minimum Gasteiger partial charge on any atom is -0.444 e. The predicted octanol–water partition coefficient (Wildman–Crippen LogP) is 2.37. The minimum absolute atomic E-state index is 0.0403. The molecule has 0 radical (unpaired) electrons. The van der Waals surface area contributed by atoms with Gasteiger partial charge in [-0.15, -0.1) is 11.4 Å². The zero-order chi connectivity index (χ0) is 17.6. The van der Waals surface area contributed by atoms with Gasteiger partial charge in [0.05, 0.1) is 6.54 Å². The minimum atomic E-state index is -0.831. The number of amides is 2. The lowest BCUT2D eigenvalue weighted by atomic mass is 10.2. The largest absolute Gasteiger partial charge is 0.444 e. The first-order chi connectivity index (χ1) is 9.84. The summed E-state index contributed by atoms with van der Waals surface area (Å²) in [6.45, 7) is 10.5. The van der Waals surface area contributed by atoms with Gasteiger partial charge in [-0.05, 0) is 41.5 Å². The van der Waals surface area contributed by atoms with Crippen LogP contribution in [0.2, 0.25) is 0 Å². The third kappa shape index (κ3) is 9.64. The van der Waals surface area contributed by atoms with Gasteiger partial charge >= 0.3 is 12.2 Å². The second-order valence-electron chi connectivity index (χ2n) is 6.60. The van der Waals surface area contributed by atoms with Crippen LogP contribution in [0.1, 0.15) is 41.5 Å². The molecule has 0 aromatic rings. The first-order valence-electron chi connectivity index (χ1n) is 6.80. The molecule has 124 valence electrons. The lowest BCUT2D eigenvalue weighted by Crippen LogP contribution is -2.45. The van der Waals surface area contributed by atoms with Crippen molar-refractivity contribution >= 4 is 18.1 Å². The Morgan fingerprint density at radius 3 is 2.05 bits per heavy atom. The van der Waals surface area contributed by atoms with Crippen molar-refractivity contribution in [2.45, 2.75) is 52.7 Å². The van der Waals surface area contributed by atoms with Crippen molar-refractivity contribution in [3.8, 4) is 12.3 Å². The third-order valence-corrected chi connectivity index (χ3v) is 1.89. The van der Waals surface area contributed by atoms with Crippen molar-refractivity contribution in [3.63, 3.8) is 0 Å². The van der Waals surface area contributed by atoms with Gasteiger partial charge in [-0.2, -0.15) is 0 Å². The summed E-state index contributed by atoms with van der Waals surface area (Å²) in [7, 11) is 1.58. The van der Waals surface area contributed by atoms with Crippen LogP contribution in [0, 0.1) is 12.3 Å². The molecule has 0 saturated heterocycles. The predicted molar refractivity (Wildman–Crippen MR) is 84.5 cm³/mol. The Morgan fingerprint density at radius 1 is 1.14 bits per heavy atom. The highest BCUT2D eigenvalue weighted by atomic mass is 16.6. The van der Waals surface area contributed by atoms with Gasteiger partial charge < -0.3 is 14.4 Å². The van der Waals surface area contributed by atoms with E-state index in [0.717, 1.165) is 0 Å². The molecular weight excluding hydrogens is 286 g/mol. The average Bonchev–Trinajstić information content (AvgIpc) is 2.22. The monoisotopic (exact) mass is 311 g/mol. The summed E-state index contributed by atoms with van der Waals surface area (Å²) in [5, 5.41) is 2.39. The lowest BCUT2D eigenvalue weighted by Gasteiger charge is -2.23. The number of hydrogen-bond donors (Lipinski definition) is 1. The molecule has 7 heteroatoms. The fourth-order valence-electron chi connectivity index (χ4n) is 1.19. The first kappa shape index (κ1) is 19.8. The number of guanidine groups is 1. The molecule has 0 fully saturated rings. The second kappa shape index (κ2) is 7.69. The van der Waals surface area contributed by atoms with Gasteiger partial charge in [0.2, 0.25) is 5.96 Å². The van der Waals surface area contributed by atoms with Crippen LogP contribution in [0.25, 0.3) is 0 Å². The normalized spacial score (nSPS) is 12.2. The summed E-state index contributed by atoms with van der Waals surface area (Å²) in [6, 6.07) is 0. The van der Waals surface area contributed by atoms with Crippen LogP contribution < -0.4 is 5.32 Å². The molecule has 0 spiro atoms. The summed E-state index contributed by atoms with van der Waals surface area (Å²) < 4.78 is 10.2. The van der Waals surface area contributed by atoms with E-state index in [9.17, 15) is 9.59 Å². The molecule has 0 heterocycles. The molecule has 0 aliphatic heterocycles. The molecule has 0 unspecified atom stereocenters. The van der Waals surface area contributed by atoms with Crippen LogP contribution in [-0.2, 0) is 9.47 Å². The number of aliphatic imine (C=N–C) groups is 1.